The third-order valence-electron chi connectivity index (χ3n) is 3.76. The van der Waals surface area contributed by atoms with E-state index in [1.165, 1.54) is 0 Å². The number of nitrogens with zero attached hydrogens (tertiary/aromatic N) is 3. The highest BCUT2D eigenvalue weighted by atomic mass is 14.9. The van der Waals surface area contributed by atoms with Crippen molar-refractivity contribution < 1.29 is 0 Å². The highest BCUT2D eigenvalue weighted by Gasteiger charge is 2.10. The third-order valence-corrected chi connectivity index (χ3v) is 3.76. The van der Waals surface area contributed by atoms with Crippen LogP contribution in [0, 0.1) is 0 Å². The van der Waals surface area contributed by atoms with Crippen LogP contribution in [0.4, 0.5) is 0 Å². The van der Waals surface area contributed by atoms with E-state index in [9.17, 15) is 0 Å². The van der Waals surface area contributed by atoms with Crippen molar-refractivity contribution in [1.29, 1.82) is 0 Å². The zero-order valence-electron chi connectivity index (χ0n) is 13.0. The number of pyridine rings is 1. The van der Waals surface area contributed by atoms with Crippen LogP contribution in [-0.2, 0) is 0 Å². The molecule has 3 heteroatoms. The summed E-state index contributed by atoms with van der Waals surface area (Å²) in [5, 5.41) is 0. The summed E-state index contributed by atoms with van der Waals surface area (Å²) in [6.45, 7) is 0. The normalized spacial score (nSPS) is 10.5. The second-order valence-electron chi connectivity index (χ2n) is 5.41. The lowest BCUT2D eigenvalue weighted by atomic mass is 10.1. The third kappa shape index (κ3) is 2.92. The summed E-state index contributed by atoms with van der Waals surface area (Å²) in [6, 6.07) is 28.1. The first-order valence-electron chi connectivity index (χ1n) is 7.81. The van der Waals surface area contributed by atoms with Crippen molar-refractivity contribution in [2.45, 2.75) is 0 Å². The smallest absolute Gasteiger partial charge is 0.179 e. The van der Waals surface area contributed by atoms with Crippen molar-refractivity contribution in [3.05, 3.63) is 91.1 Å². The lowest BCUT2D eigenvalue weighted by Gasteiger charge is -2.08. The van der Waals surface area contributed by atoms with Crippen molar-refractivity contribution in [2.24, 2.45) is 0 Å². The van der Waals surface area contributed by atoms with Gasteiger partial charge in [0.2, 0.25) is 0 Å². The molecule has 2 aromatic carbocycles. The molecule has 0 saturated carbocycles. The maximum atomic E-state index is 4.73. The van der Waals surface area contributed by atoms with Crippen LogP contribution in [0.25, 0.3) is 34.0 Å². The predicted molar refractivity (Wildman–Crippen MR) is 96.1 cm³/mol. The molecule has 0 aliphatic carbocycles. The first kappa shape index (κ1) is 14.3. The molecular formula is C21H15N3. The van der Waals surface area contributed by atoms with Gasteiger partial charge in [0.1, 0.15) is 5.69 Å². The van der Waals surface area contributed by atoms with Crippen molar-refractivity contribution in [1.82, 2.24) is 15.0 Å². The minimum Gasteiger partial charge on any atom is -0.253 e. The average Bonchev–Trinajstić information content (AvgIpc) is 2.70. The minimum atomic E-state index is 0.635. The molecule has 2 heterocycles. The molecule has 0 saturated heterocycles. The quantitative estimate of drug-likeness (QED) is 0.542. The fraction of sp³-hybridized carbons (Fsp3) is 0. The second kappa shape index (κ2) is 6.42. The Hall–Kier alpha value is -3.33. The molecule has 0 amide bonds. The minimum absolute atomic E-state index is 0.635. The Labute approximate surface area is 140 Å². The Kier molecular flexibility index (Phi) is 3.82. The van der Waals surface area contributed by atoms with Crippen LogP contribution in [0.5, 0.6) is 0 Å². The number of hydrogen-bond acceptors (Lipinski definition) is 3. The molecule has 4 aromatic rings. The lowest BCUT2D eigenvalue weighted by molar-refractivity contribution is 1.15. The Morgan fingerprint density at radius 3 is 1.54 bits per heavy atom. The molecule has 0 spiro atoms. The number of benzene rings is 2. The summed E-state index contributed by atoms with van der Waals surface area (Å²) in [7, 11) is 0. The molecule has 0 aliphatic rings. The van der Waals surface area contributed by atoms with E-state index in [1.54, 1.807) is 6.20 Å². The van der Waals surface area contributed by atoms with Gasteiger partial charge in [0.25, 0.3) is 0 Å². The Balaban J connectivity index is 1.92. The fourth-order valence-corrected chi connectivity index (χ4v) is 2.57. The van der Waals surface area contributed by atoms with Crippen LogP contribution < -0.4 is 0 Å². The van der Waals surface area contributed by atoms with Crippen LogP contribution in [0.3, 0.4) is 0 Å². The highest BCUT2D eigenvalue weighted by molar-refractivity contribution is 5.70. The first-order chi connectivity index (χ1) is 11.9. The van der Waals surface area contributed by atoms with Crippen molar-refractivity contribution in [3.8, 4) is 34.0 Å². The summed E-state index contributed by atoms with van der Waals surface area (Å²) in [5.74, 6) is 0.635. The number of hydrogen-bond donors (Lipinski definition) is 0. The molecule has 0 bridgehead atoms. The van der Waals surface area contributed by atoms with Crippen LogP contribution in [0.1, 0.15) is 0 Å². The van der Waals surface area contributed by atoms with Gasteiger partial charge in [-0.1, -0.05) is 66.7 Å². The van der Waals surface area contributed by atoms with E-state index < -0.39 is 0 Å². The summed E-state index contributed by atoms with van der Waals surface area (Å²) >= 11 is 0. The van der Waals surface area contributed by atoms with Gasteiger partial charge in [-0.3, -0.25) is 4.98 Å². The number of aromatic nitrogens is 3. The molecule has 2 aromatic heterocycles. The van der Waals surface area contributed by atoms with Gasteiger partial charge in [-0.25, -0.2) is 9.97 Å². The molecule has 0 N–H and O–H groups in total. The zero-order valence-corrected chi connectivity index (χ0v) is 13.0. The second-order valence-corrected chi connectivity index (χ2v) is 5.41. The van der Waals surface area contributed by atoms with E-state index in [0.717, 1.165) is 28.2 Å². The van der Waals surface area contributed by atoms with Gasteiger partial charge < -0.3 is 0 Å². The van der Waals surface area contributed by atoms with Gasteiger partial charge in [-0.2, -0.15) is 0 Å². The van der Waals surface area contributed by atoms with E-state index in [4.69, 9.17) is 9.97 Å². The summed E-state index contributed by atoms with van der Waals surface area (Å²) in [6.07, 6.45) is 1.76. The van der Waals surface area contributed by atoms with Gasteiger partial charge in [0.05, 0.1) is 11.4 Å². The molecule has 0 aliphatic heterocycles. The zero-order chi connectivity index (χ0) is 16.2. The molecule has 24 heavy (non-hydrogen) atoms. The van der Waals surface area contributed by atoms with Crippen LogP contribution in [0.15, 0.2) is 91.1 Å². The summed E-state index contributed by atoms with van der Waals surface area (Å²) < 4.78 is 0. The standard InChI is InChI=1S/C21H15N3/c1-3-9-16(10-4-1)19-15-20(17-11-5-2-6-12-17)24-21(23-19)18-13-7-8-14-22-18/h1-15H. The van der Waals surface area contributed by atoms with Crippen LogP contribution in [-0.4, -0.2) is 15.0 Å². The monoisotopic (exact) mass is 309 g/mol. The molecular weight excluding hydrogens is 294 g/mol. The van der Waals surface area contributed by atoms with Crippen molar-refractivity contribution in [2.75, 3.05) is 0 Å². The molecule has 114 valence electrons. The molecule has 4 rings (SSSR count). The average molecular weight is 309 g/mol. The molecule has 3 nitrogen and oxygen atoms in total. The topological polar surface area (TPSA) is 38.7 Å². The summed E-state index contributed by atoms with van der Waals surface area (Å²) in [4.78, 5) is 13.8. The highest BCUT2D eigenvalue weighted by Crippen LogP contribution is 2.26. The van der Waals surface area contributed by atoms with Gasteiger partial charge in [-0.15, -0.1) is 0 Å². The molecule has 0 unspecified atom stereocenters. The number of rotatable bonds is 3. The Morgan fingerprint density at radius 2 is 1.04 bits per heavy atom. The van der Waals surface area contributed by atoms with Crippen molar-refractivity contribution in [3.63, 3.8) is 0 Å². The SMILES string of the molecule is c1ccc(-c2cc(-c3ccccc3)nc(-c3ccccn3)n2)cc1. The predicted octanol–water partition coefficient (Wildman–Crippen LogP) is 4.87. The van der Waals surface area contributed by atoms with Crippen LogP contribution >= 0.6 is 0 Å². The van der Waals surface area contributed by atoms with Gasteiger partial charge in [0, 0.05) is 17.3 Å². The van der Waals surface area contributed by atoms with E-state index in [1.807, 2.05) is 60.7 Å². The molecule has 0 fully saturated rings. The largest absolute Gasteiger partial charge is 0.253 e. The van der Waals surface area contributed by atoms with Crippen LogP contribution in [0.2, 0.25) is 0 Å². The maximum absolute atomic E-state index is 4.73. The Bertz CT molecular complexity index is 797. The van der Waals surface area contributed by atoms with E-state index in [0.29, 0.717) is 5.82 Å². The van der Waals surface area contributed by atoms with E-state index in [2.05, 4.69) is 29.2 Å². The van der Waals surface area contributed by atoms with E-state index in [-0.39, 0.29) is 0 Å². The molecule has 0 radical (unpaired) electrons. The van der Waals surface area contributed by atoms with E-state index >= 15 is 0 Å². The van der Waals surface area contributed by atoms with Gasteiger partial charge in [0.15, 0.2) is 5.82 Å². The first-order valence-corrected chi connectivity index (χ1v) is 7.81. The van der Waals surface area contributed by atoms with Crippen molar-refractivity contribution >= 4 is 0 Å². The fourth-order valence-electron chi connectivity index (χ4n) is 2.57. The molecule has 0 atom stereocenters. The summed E-state index contributed by atoms with van der Waals surface area (Å²) in [5.41, 5.74) is 4.69. The van der Waals surface area contributed by atoms with Gasteiger partial charge >= 0.3 is 0 Å². The lowest BCUT2D eigenvalue weighted by Crippen LogP contribution is -1.96. The van der Waals surface area contributed by atoms with Gasteiger partial charge in [-0.05, 0) is 18.2 Å². The Morgan fingerprint density at radius 1 is 0.500 bits per heavy atom. The maximum Gasteiger partial charge on any atom is 0.179 e.